The second-order valence-corrected chi connectivity index (χ2v) is 11.0. The van der Waals surface area contributed by atoms with Gasteiger partial charge in [-0.15, -0.1) is 11.3 Å². The van der Waals surface area contributed by atoms with Gasteiger partial charge in [0.1, 0.15) is 23.6 Å². The third-order valence-electron chi connectivity index (χ3n) is 5.55. The number of benzene rings is 2. The lowest BCUT2D eigenvalue weighted by Gasteiger charge is -2.12. The lowest BCUT2D eigenvalue weighted by molar-refractivity contribution is 0.477. The fraction of sp³-hybridized carbons (Fsp3) is 0.0833. The summed E-state index contributed by atoms with van der Waals surface area (Å²) in [6.07, 6.45) is 1.76. The molecule has 0 saturated heterocycles. The Kier molecular flexibility index (Phi) is 6.29. The highest BCUT2D eigenvalue weighted by Crippen LogP contribution is 2.29. The van der Waals surface area contributed by atoms with Gasteiger partial charge in [0.05, 0.1) is 5.69 Å². The summed E-state index contributed by atoms with van der Waals surface area (Å²) < 4.78 is 29.3. The first-order valence-electron chi connectivity index (χ1n) is 10.9. The summed E-state index contributed by atoms with van der Waals surface area (Å²) in [5.74, 6) is 0.909. The van der Waals surface area contributed by atoms with E-state index in [0.717, 1.165) is 22.4 Å². The topological polar surface area (TPSA) is 109 Å². The monoisotopic (exact) mass is 503 g/mol. The number of fused-ring (bicyclic) bond motifs is 1. The predicted octanol–water partition coefficient (Wildman–Crippen LogP) is 2.51. The van der Waals surface area contributed by atoms with E-state index in [4.69, 9.17) is 4.98 Å². The van der Waals surface area contributed by atoms with Gasteiger partial charge in [-0.2, -0.15) is 9.61 Å². The summed E-state index contributed by atoms with van der Waals surface area (Å²) in [6, 6.07) is 20.0. The van der Waals surface area contributed by atoms with Crippen molar-refractivity contribution in [3.05, 3.63) is 89.4 Å². The van der Waals surface area contributed by atoms with E-state index in [0.29, 0.717) is 27.7 Å². The van der Waals surface area contributed by atoms with E-state index in [9.17, 15) is 13.5 Å². The van der Waals surface area contributed by atoms with Crippen LogP contribution in [0.25, 0.3) is 16.9 Å². The summed E-state index contributed by atoms with van der Waals surface area (Å²) in [5.41, 5.74) is 4.82. The molecule has 0 atom stereocenters. The van der Waals surface area contributed by atoms with Crippen LogP contribution in [-0.2, 0) is 23.1 Å². The van der Waals surface area contributed by atoms with Crippen molar-refractivity contribution in [2.75, 3.05) is 5.32 Å². The minimum Gasteiger partial charge on any atom is -0.507 e. The van der Waals surface area contributed by atoms with Crippen LogP contribution in [0.15, 0.2) is 82.5 Å². The number of phenolic OH excluding ortho intramolecular Hbond substituents is 1. The minimum atomic E-state index is -3.50. The molecular weight excluding hydrogens is 481 g/mol. The molecule has 0 aliphatic rings. The van der Waals surface area contributed by atoms with Gasteiger partial charge >= 0.3 is 0 Å². The number of phenols is 1. The Bertz CT molecular complexity index is 1580. The lowest BCUT2D eigenvalue weighted by atomic mass is 10.0. The largest absolute Gasteiger partial charge is 0.507 e. The number of hydrogen-bond donors (Lipinski definition) is 3. The van der Waals surface area contributed by atoms with Crippen molar-refractivity contribution < 1.29 is 13.5 Å². The Morgan fingerprint density at radius 2 is 1.74 bits per heavy atom. The molecule has 0 saturated carbocycles. The Morgan fingerprint density at radius 1 is 1.00 bits per heavy atom. The number of aromatic hydroxyl groups is 1. The molecule has 0 amide bonds. The van der Waals surface area contributed by atoms with E-state index in [1.54, 1.807) is 40.4 Å². The molecule has 5 aromatic rings. The highest BCUT2D eigenvalue weighted by Gasteiger charge is 2.15. The number of anilines is 1. The van der Waals surface area contributed by atoms with Crippen molar-refractivity contribution in [2.45, 2.75) is 17.3 Å². The summed E-state index contributed by atoms with van der Waals surface area (Å²) >= 11 is 1.19. The average molecular weight is 503 g/mol. The summed E-state index contributed by atoms with van der Waals surface area (Å²) in [4.78, 5) is 4.70. The molecule has 0 fully saturated rings. The van der Waals surface area contributed by atoms with E-state index < -0.39 is 10.0 Å². The number of hydrogen-bond acceptors (Lipinski definition) is 7. The Hall–Kier alpha value is -3.67. The molecule has 0 aliphatic heterocycles. The van der Waals surface area contributed by atoms with Crippen molar-refractivity contribution in [3.8, 4) is 17.0 Å². The molecule has 3 aromatic heterocycles. The zero-order valence-electron chi connectivity index (χ0n) is 18.8. The number of sulfonamides is 1. The van der Waals surface area contributed by atoms with Crippen molar-refractivity contribution in [3.63, 3.8) is 0 Å². The molecule has 35 heavy (non-hydrogen) atoms. The Labute approximate surface area is 207 Å². The third kappa shape index (κ3) is 4.92. The number of nitrogens with one attached hydrogen (secondary N) is 2. The van der Waals surface area contributed by atoms with Crippen LogP contribution in [0.1, 0.15) is 11.1 Å². The highest BCUT2D eigenvalue weighted by molar-refractivity contribution is 7.91. The van der Waals surface area contributed by atoms with Crippen molar-refractivity contribution in [2.24, 2.45) is 0 Å². The maximum absolute atomic E-state index is 12.3. The summed E-state index contributed by atoms with van der Waals surface area (Å²) in [6.45, 7) is 0.745. The molecule has 3 heterocycles. The molecule has 0 radical (unpaired) electrons. The fourth-order valence-corrected chi connectivity index (χ4v) is 5.72. The van der Waals surface area contributed by atoms with Gasteiger partial charge in [-0.1, -0.05) is 42.5 Å². The number of nitrogens with zero attached hydrogens (tertiary/aromatic N) is 3. The van der Waals surface area contributed by atoms with Crippen LogP contribution in [0, 0.1) is 0 Å². The maximum atomic E-state index is 12.3. The van der Waals surface area contributed by atoms with Crippen LogP contribution in [0.2, 0.25) is 0 Å². The summed E-state index contributed by atoms with van der Waals surface area (Å²) in [7, 11) is -1.55. The van der Waals surface area contributed by atoms with Crippen molar-refractivity contribution in [1.29, 1.82) is 0 Å². The SMILES string of the molecule is Bc1cnn2c(NCc3ccc(CNS(=O)(=O)c4cccs4)cc3)cc(-c3ccccc3O)nc12. The zero-order chi connectivity index (χ0) is 24.4. The van der Waals surface area contributed by atoms with Gasteiger partial charge in [0.15, 0.2) is 5.65 Å². The zero-order valence-corrected chi connectivity index (χ0v) is 20.5. The van der Waals surface area contributed by atoms with Crippen molar-refractivity contribution >= 4 is 46.1 Å². The molecule has 0 unspecified atom stereocenters. The van der Waals surface area contributed by atoms with Gasteiger partial charge in [-0.05, 0) is 40.2 Å². The van der Waals surface area contributed by atoms with Gasteiger partial charge in [0, 0.05) is 30.9 Å². The quantitative estimate of drug-likeness (QED) is 0.281. The first-order valence-corrected chi connectivity index (χ1v) is 13.3. The second kappa shape index (κ2) is 9.53. The number of rotatable bonds is 8. The number of para-hydroxylation sites is 1. The normalized spacial score (nSPS) is 11.7. The van der Waals surface area contributed by atoms with Gasteiger partial charge in [0.2, 0.25) is 10.0 Å². The van der Waals surface area contributed by atoms with E-state index in [1.165, 1.54) is 11.3 Å². The van der Waals surface area contributed by atoms with E-state index in [-0.39, 0.29) is 12.3 Å². The molecule has 5 rings (SSSR count). The molecule has 0 spiro atoms. The first kappa shape index (κ1) is 23.1. The van der Waals surface area contributed by atoms with Crippen LogP contribution in [0.4, 0.5) is 5.82 Å². The molecule has 0 bridgehead atoms. The molecule has 176 valence electrons. The van der Waals surface area contributed by atoms with Crippen LogP contribution in [0.5, 0.6) is 5.75 Å². The predicted molar refractivity (Wildman–Crippen MR) is 140 cm³/mol. The number of thiophene rings is 1. The lowest BCUT2D eigenvalue weighted by Crippen LogP contribution is -2.22. The molecule has 11 heteroatoms. The molecule has 8 nitrogen and oxygen atoms in total. The maximum Gasteiger partial charge on any atom is 0.250 e. The van der Waals surface area contributed by atoms with Gasteiger partial charge in [0.25, 0.3) is 0 Å². The standard InChI is InChI=1S/C24H22BN5O3S2/c25-19-15-27-30-22(12-20(29-24(19)30)18-4-1-2-5-21(18)31)26-13-16-7-9-17(10-8-16)14-28-35(32,33)23-6-3-11-34-23/h1-12,15,26,28,31H,13-14,25H2. The molecule has 2 aromatic carbocycles. The highest BCUT2D eigenvalue weighted by atomic mass is 32.2. The second-order valence-electron chi connectivity index (χ2n) is 8.03. The van der Waals surface area contributed by atoms with Crippen molar-refractivity contribution in [1.82, 2.24) is 19.3 Å². The van der Waals surface area contributed by atoms with Crippen LogP contribution in [-0.4, -0.2) is 36.0 Å². The van der Waals surface area contributed by atoms with Crippen LogP contribution >= 0.6 is 11.3 Å². The van der Waals surface area contributed by atoms with Gasteiger partial charge in [-0.3, -0.25) is 0 Å². The third-order valence-corrected chi connectivity index (χ3v) is 8.35. The van der Waals surface area contributed by atoms with Gasteiger partial charge < -0.3 is 10.4 Å². The number of aromatic nitrogens is 3. The minimum absolute atomic E-state index is 0.165. The van der Waals surface area contributed by atoms with E-state index >= 15 is 0 Å². The average Bonchev–Trinajstić information content (AvgIpc) is 3.54. The van der Waals surface area contributed by atoms with Gasteiger partial charge in [-0.25, -0.2) is 18.1 Å². The van der Waals surface area contributed by atoms with Crippen LogP contribution in [0.3, 0.4) is 0 Å². The fourth-order valence-electron chi connectivity index (χ4n) is 3.66. The smallest absolute Gasteiger partial charge is 0.250 e. The first-order chi connectivity index (χ1) is 16.9. The van der Waals surface area contributed by atoms with Crippen LogP contribution < -0.4 is 15.5 Å². The summed E-state index contributed by atoms with van der Waals surface area (Å²) in [5, 5.41) is 19.9. The Morgan fingerprint density at radius 3 is 2.46 bits per heavy atom. The molecule has 3 N–H and O–H groups in total. The van der Waals surface area contributed by atoms with E-state index in [1.807, 2.05) is 50.3 Å². The molecular formula is C24H22BN5O3S2. The Balaban J connectivity index is 1.32. The van der Waals surface area contributed by atoms with E-state index in [2.05, 4.69) is 15.1 Å². The molecule has 0 aliphatic carbocycles.